The molecule has 0 saturated heterocycles. The number of aryl methyl sites for hydroxylation is 1. The molecule has 4 heteroatoms. The summed E-state index contributed by atoms with van der Waals surface area (Å²) >= 11 is 0. The van der Waals surface area contributed by atoms with Crippen LogP contribution in [0.5, 0.6) is 0 Å². The van der Waals surface area contributed by atoms with Crippen LogP contribution < -0.4 is 0 Å². The van der Waals surface area contributed by atoms with E-state index in [-0.39, 0.29) is 23.0 Å². The van der Waals surface area contributed by atoms with Gasteiger partial charge in [0.2, 0.25) is 5.91 Å². The zero-order valence-corrected chi connectivity index (χ0v) is 13.7. The molecule has 1 aromatic heterocycles. The summed E-state index contributed by atoms with van der Waals surface area (Å²) in [5.74, 6) is 0.190. The Bertz CT molecular complexity index is 501. The Kier molecular flexibility index (Phi) is 4.38. The predicted molar refractivity (Wildman–Crippen MR) is 82.9 cm³/mol. The highest BCUT2D eigenvalue weighted by Gasteiger charge is 2.59. The summed E-state index contributed by atoms with van der Waals surface area (Å²) in [6.45, 7) is 6.47. The molecule has 4 nitrogen and oxygen atoms in total. The van der Waals surface area contributed by atoms with Crippen LogP contribution in [0.3, 0.4) is 0 Å². The van der Waals surface area contributed by atoms with Crippen LogP contribution >= 0.6 is 0 Å². The molecule has 0 aromatic carbocycles. The highest BCUT2D eigenvalue weighted by atomic mass is 16.5. The van der Waals surface area contributed by atoms with Crippen molar-refractivity contribution in [3.63, 3.8) is 0 Å². The van der Waals surface area contributed by atoms with Gasteiger partial charge in [0.1, 0.15) is 0 Å². The third kappa shape index (κ3) is 2.82. The summed E-state index contributed by atoms with van der Waals surface area (Å²) in [5, 5.41) is 0. The number of nitrogens with zero attached hydrogens (tertiary/aromatic N) is 2. The molecule has 1 aromatic rings. The van der Waals surface area contributed by atoms with Gasteiger partial charge in [0.05, 0.1) is 5.60 Å². The third-order valence-electron chi connectivity index (χ3n) is 5.44. The Hall–Kier alpha value is -1.42. The number of ether oxygens (including phenoxy) is 1. The Morgan fingerprint density at radius 3 is 2.71 bits per heavy atom. The topological polar surface area (TPSA) is 42.4 Å². The standard InChI is InChI=1S/C17H26N2O2/c1-16(2)14(11-17(16,3)21-5)19(4)15(20)9-8-13-7-6-10-18-12-13/h6-7,10,12,14H,8-9,11H2,1-5H3/t14-,17-/m0/s1. The molecule has 1 heterocycles. The molecule has 0 N–H and O–H groups in total. The molecular weight excluding hydrogens is 264 g/mol. The number of methoxy groups -OCH3 is 1. The lowest BCUT2D eigenvalue weighted by Gasteiger charge is -2.61. The van der Waals surface area contributed by atoms with Gasteiger partial charge in [0.25, 0.3) is 0 Å². The van der Waals surface area contributed by atoms with Crippen molar-refractivity contribution in [3.8, 4) is 0 Å². The summed E-state index contributed by atoms with van der Waals surface area (Å²) in [4.78, 5) is 18.4. The van der Waals surface area contributed by atoms with Gasteiger partial charge < -0.3 is 9.64 Å². The van der Waals surface area contributed by atoms with Crippen LogP contribution in [0.25, 0.3) is 0 Å². The third-order valence-corrected chi connectivity index (χ3v) is 5.44. The second-order valence-electron chi connectivity index (χ2n) is 6.74. The van der Waals surface area contributed by atoms with E-state index >= 15 is 0 Å². The van der Waals surface area contributed by atoms with Crippen molar-refractivity contribution in [2.24, 2.45) is 5.41 Å². The van der Waals surface area contributed by atoms with Crippen molar-refractivity contribution in [1.29, 1.82) is 0 Å². The fraction of sp³-hybridized carbons (Fsp3) is 0.647. The highest BCUT2D eigenvalue weighted by molar-refractivity contribution is 5.76. The van der Waals surface area contributed by atoms with Crippen LogP contribution in [0, 0.1) is 5.41 Å². The Balaban J connectivity index is 1.92. The van der Waals surface area contributed by atoms with Gasteiger partial charge in [-0.1, -0.05) is 19.9 Å². The Morgan fingerprint density at radius 2 is 2.19 bits per heavy atom. The zero-order chi connectivity index (χ0) is 15.7. The number of carbonyl (C=O) groups excluding carboxylic acids is 1. The largest absolute Gasteiger partial charge is 0.378 e. The average molecular weight is 290 g/mol. The monoisotopic (exact) mass is 290 g/mol. The quantitative estimate of drug-likeness (QED) is 0.837. The van der Waals surface area contributed by atoms with Crippen LogP contribution in [-0.2, 0) is 16.0 Å². The second-order valence-corrected chi connectivity index (χ2v) is 6.74. The van der Waals surface area contributed by atoms with Crippen LogP contribution in [0.4, 0.5) is 0 Å². The number of amides is 1. The molecule has 0 bridgehead atoms. The van der Waals surface area contributed by atoms with E-state index in [4.69, 9.17) is 4.74 Å². The van der Waals surface area contributed by atoms with Gasteiger partial charge in [-0.3, -0.25) is 9.78 Å². The number of hydrogen-bond acceptors (Lipinski definition) is 3. The molecule has 2 atom stereocenters. The van der Waals surface area contributed by atoms with Gasteiger partial charge in [0, 0.05) is 44.4 Å². The van der Waals surface area contributed by atoms with E-state index in [0.717, 1.165) is 18.4 Å². The van der Waals surface area contributed by atoms with Gasteiger partial charge in [-0.2, -0.15) is 0 Å². The van der Waals surface area contributed by atoms with E-state index in [2.05, 4.69) is 25.8 Å². The van der Waals surface area contributed by atoms with Crippen molar-refractivity contribution < 1.29 is 9.53 Å². The molecule has 116 valence electrons. The van der Waals surface area contributed by atoms with Gasteiger partial charge in [0.15, 0.2) is 0 Å². The maximum atomic E-state index is 12.4. The van der Waals surface area contributed by atoms with Gasteiger partial charge in [-0.25, -0.2) is 0 Å². The van der Waals surface area contributed by atoms with Gasteiger partial charge in [-0.15, -0.1) is 0 Å². The summed E-state index contributed by atoms with van der Waals surface area (Å²) < 4.78 is 5.63. The zero-order valence-electron chi connectivity index (χ0n) is 13.7. The van der Waals surface area contributed by atoms with Crippen LogP contribution in [0.2, 0.25) is 0 Å². The molecular formula is C17H26N2O2. The van der Waals surface area contributed by atoms with Crippen molar-refractivity contribution in [2.75, 3.05) is 14.2 Å². The molecule has 1 amide bonds. The first kappa shape index (κ1) is 16.0. The van der Waals surface area contributed by atoms with E-state index in [0.29, 0.717) is 6.42 Å². The molecule has 0 spiro atoms. The lowest BCUT2D eigenvalue weighted by molar-refractivity contribution is -0.207. The molecule has 1 saturated carbocycles. The number of pyridine rings is 1. The van der Waals surface area contributed by atoms with Crippen molar-refractivity contribution in [1.82, 2.24) is 9.88 Å². The number of rotatable bonds is 5. The molecule has 0 unspecified atom stereocenters. The molecule has 21 heavy (non-hydrogen) atoms. The smallest absolute Gasteiger partial charge is 0.222 e. The van der Waals surface area contributed by atoms with E-state index in [1.807, 2.05) is 30.3 Å². The average Bonchev–Trinajstić information content (AvgIpc) is 2.50. The molecule has 1 aliphatic carbocycles. The predicted octanol–water partition coefficient (Wildman–Crippen LogP) is 2.68. The maximum absolute atomic E-state index is 12.4. The van der Waals surface area contributed by atoms with Crippen LogP contribution in [-0.4, -0.2) is 41.6 Å². The van der Waals surface area contributed by atoms with Crippen molar-refractivity contribution in [3.05, 3.63) is 30.1 Å². The van der Waals surface area contributed by atoms with Gasteiger partial charge in [-0.05, 0) is 31.4 Å². The van der Waals surface area contributed by atoms with Crippen LogP contribution in [0.15, 0.2) is 24.5 Å². The van der Waals surface area contributed by atoms with E-state index in [1.54, 1.807) is 13.3 Å². The fourth-order valence-electron chi connectivity index (χ4n) is 3.22. The summed E-state index contributed by atoms with van der Waals surface area (Å²) in [5.41, 5.74) is 0.935. The highest BCUT2D eigenvalue weighted by Crippen LogP contribution is 2.53. The van der Waals surface area contributed by atoms with E-state index in [1.165, 1.54) is 0 Å². The minimum atomic E-state index is -0.143. The van der Waals surface area contributed by atoms with Crippen molar-refractivity contribution >= 4 is 5.91 Å². The van der Waals surface area contributed by atoms with Crippen LogP contribution in [0.1, 0.15) is 39.2 Å². The molecule has 0 radical (unpaired) electrons. The maximum Gasteiger partial charge on any atom is 0.222 e. The van der Waals surface area contributed by atoms with Crippen molar-refractivity contribution in [2.45, 2.75) is 51.7 Å². The lowest BCUT2D eigenvalue weighted by atomic mass is 9.55. The number of carbonyl (C=O) groups is 1. The Labute approximate surface area is 127 Å². The first-order valence-electron chi connectivity index (χ1n) is 7.51. The minimum absolute atomic E-state index is 0.0273. The summed E-state index contributed by atoms with van der Waals surface area (Å²) in [7, 11) is 3.66. The SMILES string of the molecule is CO[C@@]1(C)C[C@H](N(C)C(=O)CCc2cccnc2)C1(C)C. The fourth-order valence-corrected chi connectivity index (χ4v) is 3.22. The lowest BCUT2D eigenvalue weighted by Crippen LogP contribution is -2.68. The molecule has 1 aliphatic rings. The molecule has 2 rings (SSSR count). The normalized spacial score (nSPS) is 27.0. The number of hydrogen-bond donors (Lipinski definition) is 0. The first-order chi connectivity index (χ1) is 9.82. The minimum Gasteiger partial charge on any atom is -0.378 e. The number of aromatic nitrogens is 1. The molecule has 1 fully saturated rings. The second kappa shape index (κ2) is 5.76. The summed E-state index contributed by atoms with van der Waals surface area (Å²) in [6, 6.07) is 4.15. The summed E-state index contributed by atoms with van der Waals surface area (Å²) in [6.07, 6.45) is 5.73. The molecule has 0 aliphatic heterocycles. The van der Waals surface area contributed by atoms with E-state index < -0.39 is 0 Å². The van der Waals surface area contributed by atoms with Gasteiger partial charge >= 0.3 is 0 Å². The van der Waals surface area contributed by atoms with E-state index in [9.17, 15) is 4.79 Å². The first-order valence-corrected chi connectivity index (χ1v) is 7.51. The Morgan fingerprint density at radius 1 is 1.48 bits per heavy atom.